The zero-order chi connectivity index (χ0) is 20.3. The first-order valence-electron chi connectivity index (χ1n) is 10.2. The summed E-state index contributed by atoms with van der Waals surface area (Å²) in [4.78, 5) is 26.4. The molecule has 3 aliphatic rings. The Morgan fingerprint density at radius 2 is 2.07 bits per heavy atom. The van der Waals surface area contributed by atoms with Gasteiger partial charge in [-0.2, -0.15) is 0 Å². The van der Waals surface area contributed by atoms with Gasteiger partial charge in [-0.15, -0.1) is 0 Å². The molecule has 0 unspecified atom stereocenters. The summed E-state index contributed by atoms with van der Waals surface area (Å²) in [6, 6.07) is 1.62. The molecule has 2 aliphatic heterocycles. The molecule has 0 spiro atoms. The molecule has 0 bridgehead atoms. The predicted octanol–water partition coefficient (Wildman–Crippen LogP) is 2.37. The number of anilines is 1. The number of carbonyl (C=O) groups is 1. The number of hydrogen-bond donors (Lipinski definition) is 2. The SMILES string of the molecule is COc1c(N2C[C@@H]3CCCN[C@@H]3C2)c(F)cc2c(=O)c(C(=O)O)cn(C3CC3)c12.[Ag]. The second kappa shape index (κ2) is 8.00. The summed E-state index contributed by atoms with van der Waals surface area (Å²) in [5.74, 6) is -1.07. The second-order valence-corrected chi connectivity index (χ2v) is 8.32. The van der Waals surface area contributed by atoms with E-state index in [-0.39, 0.29) is 39.4 Å². The molecule has 2 N–H and O–H groups in total. The Bertz CT molecular complexity index is 1050. The van der Waals surface area contributed by atoms with E-state index in [0.717, 1.165) is 38.8 Å². The smallest absolute Gasteiger partial charge is 0.341 e. The summed E-state index contributed by atoms with van der Waals surface area (Å²) in [6.07, 6.45) is 5.40. The van der Waals surface area contributed by atoms with Gasteiger partial charge in [0.05, 0.1) is 18.0 Å². The molecule has 1 radical (unpaired) electrons. The van der Waals surface area contributed by atoms with Crippen molar-refractivity contribution in [3.63, 3.8) is 0 Å². The molecule has 2 atom stereocenters. The number of fused-ring (bicyclic) bond motifs is 2. The number of piperidine rings is 1. The zero-order valence-corrected chi connectivity index (χ0v) is 18.1. The Morgan fingerprint density at radius 3 is 2.70 bits per heavy atom. The van der Waals surface area contributed by atoms with Gasteiger partial charge in [0, 0.05) is 53.8 Å². The van der Waals surface area contributed by atoms with E-state index in [0.29, 0.717) is 35.5 Å². The summed E-state index contributed by atoms with van der Waals surface area (Å²) in [5.41, 5.74) is -0.155. The van der Waals surface area contributed by atoms with E-state index >= 15 is 4.39 Å². The largest absolute Gasteiger partial charge is 0.492 e. The molecular weight excluding hydrogens is 485 g/mol. The third-order valence-electron chi connectivity index (χ3n) is 6.49. The van der Waals surface area contributed by atoms with Crippen LogP contribution in [0.3, 0.4) is 0 Å². The maximum Gasteiger partial charge on any atom is 0.341 e. The molecule has 1 aliphatic carbocycles. The Balaban J connectivity index is 0.00000218. The maximum atomic E-state index is 15.3. The fourth-order valence-corrected chi connectivity index (χ4v) is 4.95. The van der Waals surface area contributed by atoms with E-state index in [2.05, 4.69) is 5.32 Å². The Kier molecular flexibility index (Phi) is 5.70. The molecule has 2 saturated heterocycles. The number of aromatic carboxylic acids is 1. The number of aromatic nitrogens is 1. The molecule has 7 nitrogen and oxygen atoms in total. The van der Waals surface area contributed by atoms with Gasteiger partial charge in [0.15, 0.2) is 11.6 Å². The van der Waals surface area contributed by atoms with Gasteiger partial charge in [-0.3, -0.25) is 4.79 Å². The van der Waals surface area contributed by atoms with E-state index in [9.17, 15) is 14.7 Å². The standard InChI is InChI=1S/C21H24FN3O4.Ag/c1-29-20-17-13(19(26)14(21(27)28)9-25(17)12-4-5-12)7-15(22)18(20)24-8-11-3-2-6-23-16(11)10-24;/h7,9,11-12,16,23H,2-6,8,10H2,1H3,(H,27,28);/t11-,16+;/m0./s1. The Morgan fingerprint density at radius 1 is 1.30 bits per heavy atom. The zero-order valence-electron chi connectivity index (χ0n) is 16.6. The van der Waals surface area contributed by atoms with Crippen molar-refractivity contribution in [1.82, 2.24) is 9.88 Å². The van der Waals surface area contributed by atoms with E-state index in [1.165, 1.54) is 19.4 Å². The fraction of sp³-hybridized carbons (Fsp3) is 0.524. The van der Waals surface area contributed by atoms with E-state index < -0.39 is 17.2 Å². The average molecular weight is 509 g/mol. The van der Waals surface area contributed by atoms with E-state index in [4.69, 9.17) is 4.74 Å². The third kappa shape index (κ3) is 3.36. The minimum absolute atomic E-state index is 0. The van der Waals surface area contributed by atoms with Gasteiger partial charge in [-0.25, -0.2) is 9.18 Å². The van der Waals surface area contributed by atoms with Crippen LogP contribution in [0.5, 0.6) is 5.75 Å². The molecule has 30 heavy (non-hydrogen) atoms. The van der Waals surface area contributed by atoms with Gasteiger partial charge in [-0.1, -0.05) is 0 Å². The summed E-state index contributed by atoms with van der Waals surface area (Å²) in [7, 11) is 1.48. The molecule has 3 heterocycles. The average Bonchev–Trinajstić information content (AvgIpc) is 3.45. The first-order chi connectivity index (χ1) is 14.0. The van der Waals surface area contributed by atoms with Crippen LogP contribution in [-0.4, -0.2) is 48.4 Å². The molecule has 9 heteroatoms. The number of nitrogens with one attached hydrogen (secondary N) is 1. The molecule has 165 valence electrons. The molecule has 5 rings (SSSR count). The summed E-state index contributed by atoms with van der Waals surface area (Å²) in [6.45, 7) is 2.40. The van der Waals surface area contributed by atoms with Gasteiger partial charge >= 0.3 is 5.97 Å². The minimum atomic E-state index is -1.30. The van der Waals surface area contributed by atoms with Crippen molar-refractivity contribution in [3.05, 3.63) is 33.9 Å². The molecular formula is C21H24AgFN3O4. The predicted molar refractivity (Wildman–Crippen MR) is 107 cm³/mol. The number of halogens is 1. The number of pyridine rings is 1. The first-order valence-corrected chi connectivity index (χ1v) is 10.2. The number of methoxy groups -OCH3 is 1. The van der Waals surface area contributed by atoms with Crippen molar-refractivity contribution >= 4 is 22.6 Å². The Hall–Kier alpha value is -1.87. The molecule has 1 aromatic carbocycles. The van der Waals surface area contributed by atoms with Crippen molar-refractivity contribution in [2.75, 3.05) is 31.6 Å². The molecule has 1 aromatic heterocycles. The number of carboxylic acids is 1. The van der Waals surface area contributed by atoms with Crippen molar-refractivity contribution in [1.29, 1.82) is 0 Å². The van der Waals surface area contributed by atoms with Crippen molar-refractivity contribution < 1.29 is 41.4 Å². The summed E-state index contributed by atoms with van der Waals surface area (Å²) in [5, 5.41) is 13.0. The monoisotopic (exact) mass is 508 g/mol. The first kappa shape index (κ1) is 21.4. The number of hydrogen-bond acceptors (Lipinski definition) is 5. The molecule has 1 saturated carbocycles. The van der Waals surface area contributed by atoms with Gasteiger partial charge in [0.2, 0.25) is 5.43 Å². The number of carboxylic acid groups (broad SMARTS) is 1. The maximum absolute atomic E-state index is 15.3. The van der Waals surface area contributed by atoms with Gasteiger partial charge < -0.3 is 24.6 Å². The number of nitrogens with zero attached hydrogens (tertiary/aromatic N) is 2. The quantitative estimate of drug-likeness (QED) is 0.617. The second-order valence-electron chi connectivity index (χ2n) is 8.32. The van der Waals surface area contributed by atoms with Crippen LogP contribution in [0.1, 0.15) is 42.1 Å². The van der Waals surface area contributed by atoms with Gasteiger partial charge in [-0.05, 0) is 44.2 Å². The van der Waals surface area contributed by atoms with Crippen LogP contribution < -0.4 is 20.4 Å². The van der Waals surface area contributed by atoms with Crippen LogP contribution >= 0.6 is 0 Å². The summed E-state index contributed by atoms with van der Waals surface area (Å²) < 4.78 is 22.8. The topological polar surface area (TPSA) is 83.8 Å². The van der Waals surface area contributed by atoms with Crippen LogP contribution in [0.25, 0.3) is 10.9 Å². The van der Waals surface area contributed by atoms with Gasteiger partial charge in [0.1, 0.15) is 11.3 Å². The molecule has 0 amide bonds. The van der Waals surface area contributed by atoms with Crippen LogP contribution in [0.4, 0.5) is 10.1 Å². The van der Waals surface area contributed by atoms with Crippen LogP contribution in [0.2, 0.25) is 0 Å². The van der Waals surface area contributed by atoms with Crippen molar-refractivity contribution in [2.24, 2.45) is 5.92 Å². The van der Waals surface area contributed by atoms with Crippen molar-refractivity contribution in [2.45, 2.75) is 37.8 Å². The van der Waals surface area contributed by atoms with E-state index in [1.807, 2.05) is 4.90 Å². The fourth-order valence-electron chi connectivity index (χ4n) is 4.95. The van der Waals surface area contributed by atoms with Gasteiger partial charge in [0.25, 0.3) is 0 Å². The van der Waals surface area contributed by atoms with E-state index in [1.54, 1.807) is 4.57 Å². The molecule has 2 aromatic rings. The minimum Gasteiger partial charge on any atom is -0.492 e. The normalized spacial score (nSPS) is 23.2. The van der Waals surface area contributed by atoms with Crippen LogP contribution in [-0.2, 0) is 22.4 Å². The van der Waals surface area contributed by atoms with Crippen LogP contribution in [0, 0.1) is 11.7 Å². The Labute approximate surface area is 188 Å². The van der Waals surface area contributed by atoms with Crippen LogP contribution in [0.15, 0.2) is 17.1 Å². The number of rotatable bonds is 4. The van der Waals surface area contributed by atoms with Crippen molar-refractivity contribution in [3.8, 4) is 5.75 Å². The number of benzene rings is 1. The summed E-state index contributed by atoms with van der Waals surface area (Å²) >= 11 is 0. The number of ether oxygens (including phenoxy) is 1. The third-order valence-corrected chi connectivity index (χ3v) is 6.49. The molecule has 3 fully saturated rings.